The number of aromatic nitrogens is 2. The minimum Gasteiger partial charge on any atom is -0.455 e. The van der Waals surface area contributed by atoms with E-state index in [0.29, 0.717) is 11.3 Å². The molecule has 3 heteroatoms. The molecule has 1 aromatic heterocycles. The molecule has 3 aromatic carbocycles. The Morgan fingerprint density at radius 3 is 2.70 bits per heavy atom. The third-order valence-electron chi connectivity index (χ3n) is 8.70. The van der Waals surface area contributed by atoms with E-state index in [9.17, 15) is 0 Å². The molecular weight excluding hydrogens is 404 g/mol. The Kier molecular flexibility index (Phi) is 3.88. The van der Waals surface area contributed by atoms with Crippen LogP contribution in [0.4, 0.5) is 0 Å². The molecule has 7 rings (SSSR count). The summed E-state index contributed by atoms with van der Waals surface area (Å²) in [4.78, 5) is 4.87. The Balaban J connectivity index is 1.48. The summed E-state index contributed by atoms with van der Waals surface area (Å²) in [6.45, 7) is 7.08. The smallest absolute Gasteiger partial charge is 0.287 e. The summed E-state index contributed by atoms with van der Waals surface area (Å²) in [5, 5.41) is 3.96. The van der Waals surface area contributed by atoms with Crippen molar-refractivity contribution in [2.45, 2.75) is 65.2 Å². The second-order valence-corrected chi connectivity index (χ2v) is 11.3. The lowest BCUT2D eigenvalue weighted by Crippen LogP contribution is -2.33. The van der Waals surface area contributed by atoms with Crippen LogP contribution in [0.25, 0.3) is 32.9 Å². The lowest BCUT2D eigenvalue weighted by atomic mass is 9.71. The van der Waals surface area contributed by atoms with Gasteiger partial charge in [0.05, 0.1) is 12.6 Å². The van der Waals surface area contributed by atoms with Crippen LogP contribution < -0.4 is 9.30 Å². The van der Waals surface area contributed by atoms with E-state index in [2.05, 4.69) is 62.7 Å². The zero-order valence-electron chi connectivity index (χ0n) is 20.1. The standard InChI is InChI=1S/C30H31N2O/c1-17-21-7-5-6-19-8-9-22(26(19)21)29-25(17)28-27-23(31-16-32(28)4)14-20(15-24(27)33-29)18-10-12-30(2,3)13-11-18/h5-7,14-16,18H,8-13H2,1-4H3/q+1. The molecular formula is C30H31N2O+. The van der Waals surface area contributed by atoms with E-state index in [4.69, 9.17) is 9.72 Å². The molecule has 166 valence electrons. The molecule has 0 saturated heterocycles. The van der Waals surface area contributed by atoms with Gasteiger partial charge in [-0.2, -0.15) is 0 Å². The lowest BCUT2D eigenvalue weighted by Gasteiger charge is -2.34. The quantitative estimate of drug-likeness (QED) is 0.263. The number of aryl methyl sites for hydroxylation is 4. The molecule has 33 heavy (non-hydrogen) atoms. The van der Waals surface area contributed by atoms with Crippen molar-refractivity contribution >= 4 is 21.7 Å². The van der Waals surface area contributed by atoms with Gasteiger partial charge in [-0.3, -0.25) is 0 Å². The first-order chi connectivity index (χ1) is 15.9. The molecule has 1 saturated carbocycles. The van der Waals surface area contributed by atoms with E-state index in [1.807, 2.05) is 6.33 Å². The van der Waals surface area contributed by atoms with E-state index in [-0.39, 0.29) is 0 Å². The van der Waals surface area contributed by atoms with Crippen molar-refractivity contribution in [3.8, 4) is 22.8 Å². The minimum absolute atomic E-state index is 0.469. The molecule has 0 radical (unpaired) electrons. The third-order valence-corrected chi connectivity index (χ3v) is 8.70. The number of rotatable bonds is 1. The molecule has 3 nitrogen and oxygen atoms in total. The summed E-state index contributed by atoms with van der Waals surface area (Å²) < 4.78 is 9.06. The maximum absolute atomic E-state index is 6.87. The van der Waals surface area contributed by atoms with Crippen LogP contribution in [0.15, 0.2) is 36.7 Å². The highest BCUT2D eigenvalue weighted by Gasteiger charge is 2.35. The van der Waals surface area contributed by atoms with E-state index in [0.717, 1.165) is 35.2 Å². The molecule has 0 amide bonds. The number of fused-ring (bicyclic) bond motifs is 3. The maximum Gasteiger partial charge on any atom is 0.287 e. The van der Waals surface area contributed by atoms with Gasteiger partial charge in [-0.1, -0.05) is 32.0 Å². The molecule has 0 atom stereocenters. The summed E-state index contributed by atoms with van der Waals surface area (Å²) in [6.07, 6.45) is 9.23. The highest BCUT2D eigenvalue weighted by atomic mass is 16.5. The fourth-order valence-corrected chi connectivity index (χ4v) is 6.75. The SMILES string of the molecule is Cc1c2c(c3c4c(cccc14)CC3)Oc1cc(C3CCC(C)(C)CC3)cc3nc[n+](C)c-2c13. The van der Waals surface area contributed by atoms with Gasteiger partial charge in [0.25, 0.3) is 6.33 Å². The number of hydrogen-bond acceptors (Lipinski definition) is 2. The van der Waals surface area contributed by atoms with Crippen LogP contribution >= 0.6 is 0 Å². The summed E-state index contributed by atoms with van der Waals surface area (Å²) in [5.74, 6) is 2.68. The zero-order valence-corrected chi connectivity index (χ0v) is 20.1. The third kappa shape index (κ3) is 2.68. The first-order valence-corrected chi connectivity index (χ1v) is 12.5. The van der Waals surface area contributed by atoms with Gasteiger partial charge in [0.2, 0.25) is 0 Å². The fourth-order valence-electron chi connectivity index (χ4n) is 6.75. The van der Waals surface area contributed by atoms with E-state index < -0.39 is 0 Å². The molecule has 0 N–H and O–H groups in total. The van der Waals surface area contributed by atoms with Gasteiger partial charge in [-0.05, 0) is 101 Å². The fraction of sp³-hybridized carbons (Fsp3) is 0.400. The average molecular weight is 436 g/mol. The molecule has 4 aromatic rings. The molecule has 0 spiro atoms. The molecule has 3 aliphatic rings. The summed E-state index contributed by atoms with van der Waals surface area (Å²) >= 11 is 0. The van der Waals surface area contributed by atoms with Crippen molar-refractivity contribution in [2.75, 3.05) is 0 Å². The van der Waals surface area contributed by atoms with Crippen LogP contribution in [-0.4, -0.2) is 4.98 Å². The molecule has 0 unspecified atom stereocenters. The zero-order chi connectivity index (χ0) is 22.5. The normalized spacial score (nSPS) is 18.5. The first-order valence-electron chi connectivity index (χ1n) is 12.5. The summed E-state index contributed by atoms with van der Waals surface area (Å²) in [7, 11) is 2.12. The second-order valence-electron chi connectivity index (χ2n) is 11.3. The van der Waals surface area contributed by atoms with Crippen LogP contribution in [0.1, 0.15) is 67.7 Å². The van der Waals surface area contributed by atoms with Crippen LogP contribution in [0.2, 0.25) is 0 Å². The van der Waals surface area contributed by atoms with Gasteiger partial charge in [0, 0.05) is 5.56 Å². The number of ether oxygens (including phenoxy) is 1. The first kappa shape index (κ1) is 19.5. The number of nitrogens with zero attached hydrogens (tertiary/aromatic N) is 2. The van der Waals surface area contributed by atoms with Crippen molar-refractivity contribution < 1.29 is 9.30 Å². The van der Waals surface area contributed by atoms with E-state index in [1.165, 1.54) is 70.0 Å². The lowest BCUT2D eigenvalue weighted by molar-refractivity contribution is -0.662. The summed E-state index contributed by atoms with van der Waals surface area (Å²) in [6, 6.07) is 11.5. The Bertz CT molecular complexity index is 1490. The monoisotopic (exact) mass is 435 g/mol. The maximum atomic E-state index is 6.87. The van der Waals surface area contributed by atoms with E-state index in [1.54, 1.807) is 0 Å². The van der Waals surface area contributed by atoms with Gasteiger partial charge in [-0.25, -0.2) is 4.57 Å². The van der Waals surface area contributed by atoms with Crippen LogP contribution in [0.3, 0.4) is 0 Å². The topological polar surface area (TPSA) is 26.0 Å². The summed E-state index contributed by atoms with van der Waals surface area (Å²) in [5.41, 5.74) is 9.62. The molecule has 1 aliphatic heterocycles. The van der Waals surface area contributed by atoms with Crippen molar-refractivity contribution in [1.29, 1.82) is 0 Å². The second kappa shape index (κ2) is 6.56. The van der Waals surface area contributed by atoms with Gasteiger partial charge in [0.15, 0.2) is 11.2 Å². The Hall–Kier alpha value is -2.94. The Labute approximate surface area is 195 Å². The molecule has 2 heterocycles. The van der Waals surface area contributed by atoms with Crippen molar-refractivity contribution in [1.82, 2.24) is 4.98 Å². The average Bonchev–Trinajstić information content (AvgIpc) is 3.24. The molecule has 1 fully saturated rings. The predicted molar refractivity (Wildman–Crippen MR) is 133 cm³/mol. The van der Waals surface area contributed by atoms with Crippen molar-refractivity contribution in [3.05, 3.63) is 58.9 Å². The Morgan fingerprint density at radius 2 is 1.88 bits per heavy atom. The molecule has 2 aliphatic carbocycles. The minimum atomic E-state index is 0.469. The number of hydrogen-bond donors (Lipinski definition) is 0. The Morgan fingerprint density at radius 1 is 1.06 bits per heavy atom. The van der Waals surface area contributed by atoms with Crippen molar-refractivity contribution in [3.63, 3.8) is 0 Å². The highest BCUT2D eigenvalue weighted by Crippen LogP contribution is 2.53. The van der Waals surface area contributed by atoms with Crippen LogP contribution in [0, 0.1) is 12.3 Å². The largest absolute Gasteiger partial charge is 0.455 e. The highest BCUT2D eigenvalue weighted by molar-refractivity contribution is 6.07. The van der Waals surface area contributed by atoms with Gasteiger partial charge in [0.1, 0.15) is 16.9 Å². The van der Waals surface area contributed by atoms with Crippen LogP contribution in [0.5, 0.6) is 11.5 Å². The molecule has 0 bridgehead atoms. The van der Waals surface area contributed by atoms with Crippen molar-refractivity contribution in [2.24, 2.45) is 12.5 Å². The van der Waals surface area contributed by atoms with Gasteiger partial charge >= 0.3 is 0 Å². The number of benzene rings is 3. The van der Waals surface area contributed by atoms with Gasteiger partial charge in [-0.15, -0.1) is 0 Å². The van der Waals surface area contributed by atoms with Gasteiger partial charge < -0.3 is 4.74 Å². The van der Waals surface area contributed by atoms with Crippen LogP contribution in [-0.2, 0) is 19.9 Å². The van der Waals surface area contributed by atoms with E-state index >= 15 is 0 Å². The predicted octanol–water partition coefficient (Wildman–Crippen LogP) is 7.08.